The molecule has 88 valence electrons. The summed E-state index contributed by atoms with van der Waals surface area (Å²) in [6.45, 7) is 1.95. The second-order valence-corrected chi connectivity index (χ2v) is 4.93. The van der Waals surface area contributed by atoms with Crippen LogP contribution in [0.5, 0.6) is 0 Å². The van der Waals surface area contributed by atoms with Crippen molar-refractivity contribution >= 4 is 28.1 Å². The number of benzene rings is 1. The van der Waals surface area contributed by atoms with Crippen molar-refractivity contribution in [2.75, 3.05) is 11.1 Å². The van der Waals surface area contributed by atoms with Gasteiger partial charge >= 0.3 is 0 Å². The fourth-order valence-corrected chi connectivity index (χ4v) is 2.12. The van der Waals surface area contributed by atoms with Crippen LogP contribution in [0.2, 0.25) is 0 Å². The van der Waals surface area contributed by atoms with Gasteiger partial charge in [-0.2, -0.15) is 0 Å². The SMILES string of the molecule is Cc1cnc(NC(=O)Cc2ccccc2N)s1. The highest BCUT2D eigenvalue weighted by Gasteiger charge is 2.08. The second kappa shape index (κ2) is 4.97. The number of rotatable bonds is 3. The molecule has 17 heavy (non-hydrogen) atoms. The number of hydrogen-bond donors (Lipinski definition) is 2. The van der Waals surface area contributed by atoms with E-state index < -0.39 is 0 Å². The molecular formula is C12H13N3OS. The number of amides is 1. The number of aryl methyl sites for hydroxylation is 1. The van der Waals surface area contributed by atoms with Gasteiger partial charge in [0, 0.05) is 16.8 Å². The zero-order chi connectivity index (χ0) is 12.3. The van der Waals surface area contributed by atoms with Crippen LogP contribution in [0, 0.1) is 6.92 Å². The molecule has 0 saturated heterocycles. The number of thiazole rings is 1. The lowest BCUT2D eigenvalue weighted by molar-refractivity contribution is -0.115. The lowest BCUT2D eigenvalue weighted by Gasteiger charge is -2.04. The minimum atomic E-state index is -0.0998. The number of nitrogens with one attached hydrogen (secondary N) is 1. The van der Waals surface area contributed by atoms with Crippen molar-refractivity contribution in [3.8, 4) is 0 Å². The Hall–Kier alpha value is -1.88. The van der Waals surface area contributed by atoms with Gasteiger partial charge in [-0.25, -0.2) is 4.98 Å². The molecule has 0 aliphatic heterocycles. The summed E-state index contributed by atoms with van der Waals surface area (Å²) in [5.41, 5.74) is 7.24. The molecule has 0 aliphatic rings. The summed E-state index contributed by atoms with van der Waals surface area (Å²) in [7, 11) is 0. The van der Waals surface area contributed by atoms with Crippen molar-refractivity contribution in [2.24, 2.45) is 0 Å². The lowest BCUT2D eigenvalue weighted by Crippen LogP contribution is -2.15. The maximum absolute atomic E-state index is 11.7. The lowest BCUT2D eigenvalue weighted by atomic mass is 10.1. The molecule has 1 aromatic heterocycles. The van der Waals surface area contributed by atoms with Crippen molar-refractivity contribution in [3.63, 3.8) is 0 Å². The third kappa shape index (κ3) is 3.04. The first-order valence-electron chi connectivity index (χ1n) is 5.21. The van der Waals surface area contributed by atoms with Crippen LogP contribution in [0.1, 0.15) is 10.4 Å². The number of aromatic nitrogens is 1. The van der Waals surface area contributed by atoms with Crippen LogP contribution < -0.4 is 11.1 Å². The first kappa shape index (κ1) is 11.6. The summed E-state index contributed by atoms with van der Waals surface area (Å²) in [5, 5.41) is 3.38. The van der Waals surface area contributed by atoms with E-state index >= 15 is 0 Å². The first-order chi connectivity index (χ1) is 8.15. The largest absolute Gasteiger partial charge is 0.398 e. The first-order valence-corrected chi connectivity index (χ1v) is 6.02. The summed E-state index contributed by atoms with van der Waals surface area (Å²) >= 11 is 1.46. The topological polar surface area (TPSA) is 68.0 Å². The Balaban J connectivity index is 2.01. The van der Waals surface area contributed by atoms with Crippen molar-refractivity contribution in [1.82, 2.24) is 4.98 Å². The molecule has 0 bridgehead atoms. The number of hydrogen-bond acceptors (Lipinski definition) is 4. The van der Waals surface area contributed by atoms with Crippen molar-refractivity contribution < 1.29 is 4.79 Å². The van der Waals surface area contributed by atoms with Gasteiger partial charge in [0.25, 0.3) is 0 Å². The maximum atomic E-state index is 11.7. The standard InChI is InChI=1S/C12H13N3OS/c1-8-7-14-12(17-8)15-11(16)6-9-4-2-3-5-10(9)13/h2-5,7H,6,13H2,1H3,(H,14,15,16). The quantitative estimate of drug-likeness (QED) is 0.817. The van der Waals surface area contributed by atoms with Crippen LogP contribution in [0.25, 0.3) is 0 Å². The molecule has 5 heteroatoms. The molecule has 0 spiro atoms. The summed E-state index contributed by atoms with van der Waals surface area (Å²) in [5.74, 6) is -0.0998. The normalized spacial score (nSPS) is 10.2. The smallest absolute Gasteiger partial charge is 0.230 e. The molecule has 0 fully saturated rings. The summed E-state index contributed by atoms with van der Waals surface area (Å²) in [4.78, 5) is 16.9. The zero-order valence-corrected chi connectivity index (χ0v) is 10.3. The van der Waals surface area contributed by atoms with E-state index in [1.807, 2.05) is 25.1 Å². The highest BCUT2D eigenvalue weighted by Crippen LogP contribution is 2.17. The van der Waals surface area contributed by atoms with Gasteiger partial charge in [-0.3, -0.25) is 4.79 Å². The molecule has 1 aromatic carbocycles. The highest BCUT2D eigenvalue weighted by atomic mass is 32.1. The number of anilines is 2. The predicted octanol–water partition coefficient (Wildman–Crippen LogP) is 2.21. The minimum Gasteiger partial charge on any atom is -0.398 e. The maximum Gasteiger partial charge on any atom is 0.230 e. The van der Waals surface area contributed by atoms with E-state index in [-0.39, 0.29) is 12.3 Å². The van der Waals surface area contributed by atoms with E-state index in [1.54, 1.807) is 12.3 Å². The summed E-state index contributed by atoms with van der Waals surface area (Å²) in [6.07, 6.45) is 2.00. The Kier molecular flexibility index (Phi) is 3.39. The van der Waals surface area contributed by atoms with Gasteiger partial charge in [-0.15, -0.1) is 11.3 Å². The Morgan fingerprint density at radius 2 is 2.24 bits per heavy atom. The average Bonchev–Trinajstić information content (AvgIpc) is 2.67. The molecule has 0 atom stereocenters. The Morgan fingerprint density at radius 1 is 1.47 bits per heavy atom. The highest BCUT2D eigenvalue weighted by molar-refractivity contribution is 7.15. The van der Waals surface area contributed by atoms with Crippen molar-refractivity contribution in [3.05, 3.63) is 40.9 Å². The van der Waals surface area contributed by atoms with Gasteiger partial charge in [-0.05, 0) is 18.6 Å². The Labute approximate surface area is 103 Å². The van der Waals surface area contributed by atoms with E-state index in [0.29, 0.717) is 10.8 Å². The molecule has 2 aromatic rings. The van der Waals surface area contributed by atoms with E-state index in [0.717, 1.165) is 10.4 Å². The third-order valence-electron chi connectivity index (χ3n) is 2.27. The molecule has 0 unspecified atom stereocenters. The number of carbonyl (C=O) groups is 1. The van der Waals surface area contributed by atoms with Gasteiger partial charge < -0.3 is 11.1 Å². The molecule has 2 rings (SSSR count). The molecule has 0 aliphatic carbocycles. The molecule has 0 saturated carbocycles. The van der Waals surface area contributed by atoms with Gasteiger partial charge in [0.05, 0.1) is 6.42 Å². The van der Waals surface area contributed by atoms with Crippen LogP contribution in [0.15, 0.2) is 30.5 Å². The third-order valence-corrected chi connectivity index (χ3v) is 3.10. The number of nitrogens with two attached hydrogens (primary N) is 1. The van der Waals surface area contributed by atoms with Crippen LogP contribution in [0.3, 0.4) is 0 Å². The van der Waals surface area contributed by atoms with E-state index in [2.05, 4.69) is 10.3 Å². The second-order valence-electron chi connectivity index (χ2n) is 3.70. The van der Waals surface area contributed by atoms with E-state index in [4.69, 9.17) is 5.73 Å². The van der Waals surface area contributed by atoms with Crippen LogP contribution in [-0.4, -0.2) is 10.9 Å². The molecular weight excluding hydrogens is 234 g/mol. The van der Waals surface area contributed by atoms with Gasteiger partial charge in [0.1, 0.15) is 0 Å². The zero-order valence-electron chi connectivity index (χ0n) is 9.43. The monoisotopic (exact) mass is 247 g/mol. The fourth-order valence-electron chi connectivity index (χ4n) is 1.44. The minimum absolute atomic E-state index is 0.0998. The van der Waals surface area contributed by atoms with Crippen LogP contribution in [-0.2, 0) is 11.2 Å². The molecule has 1 amide bonds. The van der Waals surface area contributed by atoms with E-state index in [1.165, 1.54) is 11.3 Å². The number of nitrogens with zero attached hydrogens (tertiary/aromatic N) is 1. The van der Waals surface area contributed by atoms with Gasteiger partial charge in [0.15, 0.2) is 5.13 Å². The van der Waals surface area contributed by atoms with Crippen LogP contribution >= 0.6 is 11.3 Å². The molecule has 0 radical (unpaired) electrons. The summed E-state index contributed by atoms with van der Waals surface area (Å²) < 4.78 is 0. The van der Waals surface area contributed by atoms with Crippen molar-refractivity contribution in [1.29, 1.82) is 0 Å². The Morgan fingerprint density at radius 3 is 2.88 bits per heavy atom. The predicted molar refractivity (Wildman–Crippen MR) is 70.0 cm³/mol. The fraction of sp³-hybridized carbons (Fsp3) is 0.167. The van der Waals surface area contributed by atoms with E-state index in [9.17, 15) is 4.79 Å². The van der Waals surface area contributed by atoms with Gasteiger partial charge in [0.2, 0.25) is 5.91 Å². The van der Waals surface area contributed by atoms with Crippen molar-refractivity contribution in [2.45, 2.75) is 13.3 Å². The Bertz CT molecular complexity index is 536. The number of para-hydroxylation sites is 1. The van der Waals surface area contributed by atoms with Crippen LogP contribution in [0.4, 0.5) is 10.8 Å². The number of nitrogen functional groups attached to an aromatic ring is 1. The average molecular weight is 247 g/mol. The molecule has 1 heterocycles. The molecule has 3 N–H and O–H groups in total. The number of carbonyl (C=O) groups excluding carboxylic acids is 1. The molecule has 4 nitrogen and oxygen atoms in total. The summed E-state index contributed by atoms with van der Waals surface area (Å²) in [6, 6.07) is 7.35. The van der Waals surface area contributed by atoms with Gasteiger partial charge in [-0.1, -0.05) is 18.2 Å².